The van der Waals surface area contributed by atoms with Crippen molar-refractivity contribution in [3.05, 3.63) is 29.5 Å². The Morgan fingerprint density at radius 3 is 2.94 bits per heavy atom. The molecule has 0 bridgehead atoms. The van der Waals surface area contributed by atoms with Crippen LogP contribution in [0.5, 0.6) is 5.75 Å². The molecule has 1 aromatic heterocycles. The van der Waals surface area contributed by atoms with Gasteiger partial charge < -0.3 is 14.5 Å². The Hall–Kier alpha value is -1.77. The first-order valence-electron chi connectivity index (χ1n) is 5.35. The summed E-state index contributed by atoms with van der Waals surface area (Å²) >= 11 is 0. The highest BCUT2D eigenvalue weighted by molar-refractivity contribution is 5.88. The molecule has 3 heteroatoms. The number of aromatic nitrogens is 1. The first-order valence-corrected chi connectivity index (χ1v) is 5.35. The zero-order valence-electron chi connectivity index (χ0n) is 9.54. The lowest BCUT2D eigenvalue weighted by Gasteiger charge is -2.08. The molecule has 2 rings (SSSR count). The van der Waals surface area contributed by atoms with E-state index in [2.05, 4.69) is 11.1 Å². The minimum absolute atomic E-state index is 0.533. The molecule has 0 radical (unpaired) electrons. The van der Waals surface area contributed by atoms with E-state index in [4.69, 9.17) is 4.74 Å². The molecule has 0 saturated heterocycles. The lowest BCUT2D eigenvalue weighted by atomic mass is 10.1. The fourth-order valence-corrected chi connectivity index (χ4v) is 2.01. The Morgan fingerprint density at radius 1 is 1.44 bits per heavy atom. The third-order valence-corrected chi connectivity index (χ3v) is 2.71. The van der Waals surface area contributed by atoms with Crippen molar-refractivity contribution >= 4 is 17.2 Å². The van der Waals surface area contributed by atoms with Crippen LogP contribution in [0.15, 0.2) is 18.2 Å². The number of aldehydes is 1. The van der Waals surface area contributed by atoms with Crippen molar-refractivity contribution in [1.29, 1.82) is 0 Å². The molecule has 0 aliphatic heterocycles. The van der Waals surface area contributed by atoms with Gasteiger partial charge in [0, 0.05) is 23.0 Å². The van der Waals surface area contributed by atoms with Gasteiger partial charge in [-0.1, -0.05) is 6.07 Å². The maximum atomic E-state index is 10.4. The summed E-state index contributed by atoms with van der Waals surface area (Å²) in [4.78, 5) is 13.7. The van der Waals surface area contributed by atoms with E-state index >= 15 is 0 Å². The SMILES string of the molecule is COc1c(CCC=O)ccc2[nH]c(C)cc12. The molecular formula is C13H15NO2. The van der Waals surface area contributed by atoms with Gasteiger partial charge in [0.15, 0.2) is 0 Å². The average Bonchev–Trinajstić information content (AvgIpc) is 2.65. The topological polar surface area (TPSA) is 42.1 Å². The van der Waals surface area contributed by atoms with Crippen molar-refractivity contribution in [3.8, 4) is 5.75 Å². The molecule has 0 spiro atoms. The zero-order valence-corrected chi connectivity index (χ0v) is 9.54. The molecule has 0 aliphatic rings. The van der Waals surface area contributed by atoms with E-state index < -0.39 is 0 Å². The summed E-state index contributed by atoms with van der Waals surface area (Å²) in [6, 6.07) is 6.12. The predicted molar refractivity (Wildman–Crippen MR) is 64.0 cm³/mol. The summed E-state index contributed by atoms with van der Waals surface area (Å²) in [5.74, 6) is 0.878. The molecule has 3 nitrogen and oxygen atoms in total. The maximum Gasteiger partial charge on any atom is 0.131 e. The summed E-state index contributed by atoms with van der Waals surface area (Å²) in [6.45, 7) is 2.02. The first-order chi connectivity index (χ1) is 7.76. The quantitative estimate of drug-likeness (QED) is 0.800. The van der Waals surface area contributed by atoms with Crippen LogP contribution in [0, 0.1) is 6.92 Å². The van der Waals surface area contributed by atoms with Crippen molar-refractivity contribution in [2.24, 2.45) is 0 Å². The number of rotatable bonds is 4. The molecule has 0 unspecified atom stereocenters. The highest BCUT2D eigenvalue weighted by Gasteiger charge is 2.09. The van der Waals surface area contributed by atoms with Gasteiger partial charge in [0.25, 0.3) is 0 Å². The van der Waals surface area contributed by atoms with Gasteiger partial charge in [0.1, 0.15) is 12.0 Å². The predicted octanol–water partition coefficient (Wildman–Crippen LogP) is 2.62. The molecule has 0 aliphatic carbocycles. The molecule has 1 aromatic carbocycles. The van der Waals surface area contributed by atoms with E-state index in [1.165, 1.54) is 0 Å². The number of ether oxygens (including phenoxy) is 1. The van der Waals surface area contributed by atoms with E-state index in [9.17, 15) is 4.79 Å². The highest BCUT2D eigenvalue weighted by atomic mass is 16.5. The first kappa shape index (κ1) is 10.7. The van der Waals surface area contributed by atoms with Crippen LogP contribution in [-0.4, -0.2) is 18.4 Å². The number of hydrogen-bond acceptors (Lipinski definition) is 2. The minimum atomic E-state index is 0.533. The Labute approximate surface area is 94.4 Å². The van der Waals surface area contributed by atoms with Crippen LogP contribution in [0.3, 0.4) is 0 Å². The number of nitrogens with one attached hydrogen (secondary N) is 1. The molecule has 0 saturated carbocycles. The van der Waals surface area contributed by atoms with Gasteiger partial charge in [-0.25, -0.2) is 0 Å². The van der Waals surface area contributed by atoms with Gasteiger partial charge >= 0.3 is 0 Å². The summed E-state index contributed by atoms with van der Waals surface area (Å²) in [5.41, 5.74) is 3.27. The molecule has 1 heterocycles. The van der Waals surface area contributed by atoms with Crippen LogP contribution >= 0.6 is 0 Å². The van der Waals surface area contributed by atoms with Gasteiger partial charge in [-0.3, -0.25) is 0 Å². The van der Waals surface area contributed by atoms with Crippen molar-refractivity contribution < 1.29 is 9.53 Å². The molecular weight excluding hydrogens is 202 g/mol. The van der Waals surface area contributed by atoms with E-state index in [0.29, 0.717) is 6.42 Å². The number of aryl methyl sites for hydroxylation is 2. The minimum Gasteiger partial charge on any atom is -0.496 e. The van der Waals surface area contributed by atoms with Gasteiger partial charge in [0.2, 0.25) is 0 Å². The monoisotopic (exact) mass is 217 g/mol. The molecule has 0 fully saturated rings. The van der Waals surface area contributed by atoms with Crippen LogP contribution in [0.25, 0.3) is 10.9 Å². The summed E-state index contributed by atoms with van der Waals surface area (Å²) in [7, 11) is 1.67. The normalized spacial score (nSPS) is 10.6. The fourth-order valence-electron chi connectivity index (χ4n) is 2.01. The summed E-state index contributed by atoms with van der Waals surface area (Å²) in [5, 5.41) is 1.09. The molecule has 2 aromatic rings. The fraction of sp³-hybridized carbons (Fsp3) is 0.308. The van der Waals surface area contributed by atoms with Crippen LogP contribution in [0.2, 0.25) is 0 Å². The smallest absolute Gasteiger partial charge is 0.131 e. The van der Waals surface area contributed by atoms with Crippen LogP contribution in [-0.2, 0) is 11.2 Å². The number of fused-ring (bicyclic) bond motifs is 1. The van der Waals surface area contributed by atoms with Crippen molar-refractivity contribution in [3.63, 3.8) is 0 Å². The summed E-state index contributed by atoms with van der Waals surface area (Å²) < 4.78 is 5.43. The molecule has 16 heavy (non-hydrogen) atoms. The second kappa shape index (κ2) is 4.39. The second-order valence-corrected chi connectivity index (χ2v) is 3.88. The number of carbonyl (C=O) groups is 1. The number of benzene rings is 1. The third-order valence-electron chi connectivity index (χ3n) is 2.71. The average molecular weight is 217 g/mol. The molecule has 84 valence electrons. The third kappa shape index (κ3) is 1.81. The van der Waals surface area contributed by atoms with Crippen molar-refractivity contribution in [2.75, 3.05) is 7.11 Å². The Bertz CT molecular complexity index is 514. The number of hydrogen-bond donors (Lipinski definition) is 1. The second-order valence-electron chi connectivity index (χ2n) is 3.88. The Balaban J connectivity index is 2.53. The zero-order chi connectivity index (χ0) is 11.5. The molecule has 1 N–H and O–H groups in total. The van der Waals surface area contributed by atoms with Crippen LogP contribution in [0.4, 0.5) is 0 Å². The lowest BCUT2D eigenvalue weighted by Crippen LogP contribution is -1.93. The Kier molecular flexibility index (Phi) is 2.95. The number of carbonyl (C=O) groups excluding carboxylic acids is 1. The van der Waals surface area contributed by atoms with Crippen LogP contribution < -0.4 is 4.74 Å². The van der Waals surface area contributed by atoms with Crippen LogP contribution in [0.1, 0.15) is 17.7 Å². The highest BCUT2D eigenvalue weighted by Crippen LogP contribution is 2.30. The van der Waals surface area contributed by atoms with E-state index in [1.54, 1.807) is 7.11 Å². The number of aromatic amines is 1. The van der Waals surface area contributed by atoms with E-state index in [1.807, 2.05) is 19.1 Å². The van der Waals surface area contributed by atoms with Gasteiger partial charge in [-0.15, -0.1) is 0 Å². The standard InChI is InChI=1S/C13H15NO2/c1-9-8-11-12(14-9)6-5-10(4-3-7-15)13(11)16-2/h5-8,14H,3-4H2,1-2H3. The van der Waals surface area contributed by atoms with E-state index in [0.717, 1.165) is 40.6 Å². The lowest BCUT2D eigenvalue weighted by molar-refractivity contribution is -0.107. The van der Waals surface area contributed by atoms with Crippen molar-refractivity contribution in [1.82, 2.24) is 4.98 Å². The molecule has 0 atom stereocenters. The summed E-state index contributed by atoms with van der Waals surface area (Å²) in [6.07, 6.45) is 2.20. The van der Waals surface area contributed by atoms with Crippen molar-refractivity contribution in [2.45, 2.75) is 19.8 Å². The van der Waals surface area contributed by atoms with E-state index in [-0.39, 0.29) is 0 Å². The Morgan fingerprint density at radius 2 is 2.25 bits per heavy atom. The van der Waals surface area contributed by atoms with Gasteiger partial charge in [0.05, 0.1) is 7.11 Å². The van der Waals surface area contributed by atoms with Gasteiger partial charge in [-0.05, 0) is 31.0 Å². The number of H-pyrrole nitrogens is 1. The molecule has 0 amide bonds. The largest absolute Gasteiger partial charge is 0.496 e. The number of methoxy groups -OCH3 is 1. The van der Waals surface area contributed by atoms with Gasteiger partial charge in [-0.2, -0.15) is 0 Å². The maximum absolute atomic E-state index is 10.4.